The molecule has 0 amide bonds. The molecule has 0 fully saturated rings. The van der Waals surface area contributed by atoms with E-state index in [9.17, 15) is 0 Å². The normalized spacial score (nSPS) is 12.4. The lowest BCUT2D eigenvalue weighted by molar-refractivity contribution is 0.415. The average Bonchev–Trinajstić information content (AvgIpc) is 2.38. The second-order valence-corrected chi connectivity index (χ2v) is 4.99. The molecule has 18 heavy (non-hydrogen) atoms. The van der Waals surface area contributed by atoms with Crippen LogP contribution in [0.5, 0.6) is 5.75 Å². The van der Waals surface area contributed by atoms with Gasteiger partial charge in [-0.25, -0.2) is 4.98 Å². The molecule has 1 aromatic carbocycles. The molecule has 1 aromatic heterocycles. The first-order valence-electron chi connectivity index (χ1n) is 6.01. The maximum Gasteiger partial charge on any atom is 0.133 e. The molecule has 1 atom stereocenters. The molecule has 0 aliphatic heterocycles. The number of aromatic nitrogens is 1. The molecular weight excluding hydrogens is 248 g/mol. The summed E-state index contributed by atoms with van der Waals surface area (Å²) in [4.78, 5) is 4.36. The summed E-state index contributed by atoms with van der Waals surface area (Å²) in [5, 5.41) is 5.71. The number of nitrogens with one attached hydrogen (secondary N) is 1. The Kier molecular flexibility index (Phi) is 4.26. The van der Waals surface area contributed by atoms with Gasteiger partial charge in [-0.3, -0.25) is 0 Å². The van der Waals surface area contributed by atoms with E-state index in [0.29, 0.717) is 0 Å². The third-order valence-electron chi connectivity index (χ3n) is 2.81. The number of fused-ring (bicyclic) bond motifs is 1. The first-order valence-corrected chi connectivity index (χ1v) is 6.45. The third kappa shape index (κ3) is 3.05. The highest BCUT2D eigenvalue weighted by atomic mass is 35.5. The zero-order valence-electron chi connectivity index (χ0n) is 10.6. The Balaban J connectivity index is 2.22. The molecule has 1 N–H and O–H groups in total. The van der Waals surface area contributed by atoms with E-state index in [4.69, 9.17) is 16.3 Å². The van der Waals surface area contributed by atoms with Crippen molar-refractivity contribution >= 4 is 28.2 Å². The van der Waals surface area contributed by atoms with Gasteiger partial charge < -0.3 is 10.1 Å². The Morgan fingerprint density at radius 3 is 2.94 bits per heavy atom. The number of hydrogen-bond donors (Lipinski definition) is 1. The Hall–Kier alpha value is -1.48. The lowest BCUT2D eigenvalue weighted by Crippen LogP contribution is -2.07. The fourth-order valence-corrected chi connectivity index (χ4v) is 1.92. The van der Waals surface area contributed by atoms with Gasteiger partial charge in [0.15, 0.2) is 0 Å². The fraction of sp³-hybridized carbons (Fsp3) is 0.357. The standard InChI is InChI=1S/C14H17ClN2O/c1-10(15)5-7-16-14-13-4-3-12(18-2)9-11(13)6-8-17-14/h3-4,6,8-10H,5,7H2,1-2H3,(H,16,17). The van der Waals surface area contributed by atoms with Crippen molar-refractivity contribution in [2.45, 2.75) is 18.7 Å². The molecule has 0 aliphatic carbocycles. The van der Waals surface area contributed by atoms with Crippen molar-refractivity contribution in [3.63, 3.8) is 0 Å². The SMILES string of the molecule is COc1ccc2c(NCCC(C)Cl)nccc2c1. The minimum atomic E-state index is 0.174. The molecule has 4 heteroatoms. The van der Waals surface area contributed by atoms with E-state index in [1.165, 1.54) is 0 Å². The van der Waals surface area contributed by atoms with E-state index in [1.54, 1.807) is 13.3 Å². The number of hydrogen-bond acceptors (Lipinski definition) is 3. The van der Waals surface area contributed by atoms with E-state index < -0.39 is 0 Å². The predicted octanol–water partition coefficient (Wildman–Crippen LogP) is 3.67. The van der Waals surface area contributed by atoms with Crippen molar-refractivity contribution in [1.29, 1.82) is 0 Å². The van der Waals surface area contributed by atoms with Crippen LogP contribution in [0.15, 0.2) is 30.5 Å². The molecular formula is C14H17ClN2O. The fourth-order valence-electron chi connectivity index (χ4n) is 1.81. The minimum absolute atomic E-state index is 0.174. The number of rotatable bonds is 5. The van der Waals surface area contributed by atoms with Crippen LogP contribution in [0.3, 0.4) is 0 Å². The van der Waals surface area contributed by atoms with E-state index in [0.717, 1.165) is 35.3 Å². The molecule has 0 bridgehead atoms. The predicted molar refractivity (Wildman–Crippen MR) is 76.7 cm³/mol. The largest absolute Gasteiger partial charge is 0.497 e. The second kappa shape index (κ2) is 5.91. The van der Waals surface area contributed by atoms with E-state index >= 15 is 0 Å². The number of alkyl halides is 1. The molecule has 0 radical (unpaired) electrons. The van der Waals surface area contributed by atoms with Gasteiger partial charge in [0.2, 0.25) is 0 Å². The maximum absolute atomic E-state index is 5.92. The molecule has 2 aromatic rings. The van der Waals surface area contributed by atoms with Crippen LogP contribution in [0, 0.1) is 0 Å². The number of benzene rings is 1. The van der Waals surface area contributed by atoms with Gasteiger partial charge in [0.25, 0.3) is 0 Å². The monoisotopic (exact) mass is 264 g/mol. The summed E-state index contributed by atoms with van der Waals surface area (Å²) in [6.45, 7) is 2.81. The van der Waals surface area contributed by atoms with Crippen LogP contribution in [0.4, 0.5) is 5.82 Å². The lowest BCUT2D eigenvalue weighted by Gasteiger charge is -2.10. The van der Waals surface area contributed by atoms with E-state index in [1.807, 2.05) is 31.2 Å². The van der Waals surface area contributed by atoms with Crippen molar-refractivity contribution in [2.24, 2.45) is 0 Å². The summed E-state index contributed by atoms with van der Waals surface area (Å²) < 4.78 is 5.22. The Bertz CT molecular complexity index is 528. The van der Waals surface area contributed by atoms with Crippen LogP contribution in [0.25, 0.3) is 10.8 Å². The van der Waals surface area contributed by atoms with Gasteiger partial charge in [0.1, 0.15) is 11.6 Å². The summed E-state index contributed by atoms with van der Waals surface area (Å²) in [6.07, 6.45) is 2.71. The molecule has 0 saturated carbocycles. The van der Waals surface area contributed by atoms with Crippen LogP contribution < -0.4 is 10.1 Å². The Morgan fingerprint density at radius 1 is 1.39 bits per heavy atom. The molecule has 0 saturated heterocycles. The first-order chi connectivity index (χ1) is 8.70. The van der Waals surface area contributed by atoms with Gasteiger partial charge in [-0.1, -0.05) is 0 Å². The lowest BCUT2D eigenvalue weighted by atomic mass is 10.1. The zero-order valence-corrected chi connectivity index (χ0v) is 11.4. The first kappa shape index (κ1) is 13.0. The second-order valence-electron chi connectivity index (χ2n) is 4.24. The molecule has 0 aliphatic rings. The highest BCUT2D eigenvalue weighted by molar-refractivity contribution is 6.20. The van der Waals surface area contributed by atoms with Gasteiger partial charge in [-0.2, -0.15) is 0 Å². The summed E-state index contributed by atoms with van der Waals surface area (Å²) in [5.74, 6) is 1.75. The van der Waals surface area contributed by atoms with Crippen molar-refractivity contribution < 1.29 is 4.74 Å². The molecule has 1 heterocycles. The van der Waals surface area contributed by atoms with Crippen molar-refractivity contribution in [3.8, 4) is 5.75 Å². The average molecular weight is 265 g/mol. The number of nitrogens with zero attached hydrogens (tertiary/aromatic N) is 1. The van der Waals surface area contributed by atoms with E-state index in [2.05, 4.69) is 10.3 Å². The van der Waals surface area contributed by atoms with Crippen LogP contribution in [-0.4, -0.2) is 24.0 Å². The maximum atomic E-state index is 5.92. The van der Waals surface area contributed by atoms with Gasteiger partial charge in [0, 0.05) is 23.5 Å². The van der Waals surface area contributed by atoms with Crippen molar-refractivity contribution in [3.05, 3.63) is 30.5 Å². The van der Waals surface area contributed by atoms with Gasteiger partial charge in [-0.05, 0) is 43.0 Å². The number of ether oxygens (including phenoxy) is 1. The number of pyridine rings is 1. The highest BCUT2D eigenvalue weighted by Crippen LogP contribution is 2.25. The van der Waals surface area contributed by atoms with Crippen molar-refractivity contribution in [1.82, 2.24) is 4.98 Å². The summed E-state index contributed by atoms with van der Waals surface area (Å²) in [5.41, 5.74) is 0. The molecule has 3 nitrogen and oxygen atoms in total. The molecule has 96 valence electrons. The van der Waals surface area contributed by atoms with Crippen LogP contribution in [0.1, 0.15) is 13.3 Å². The summed E-state index contributed by atoms with van der Waals surface area (Å²) in [7, 11) is 1.67. The third-order valence-corrected chi connectivity index (χ3v) is 3.02. The molecule has 0 spiro atoms. The number of anilines is 1. The highest BCUT2D eigenvalue weighted by Gasteiger charge is 2.04. The topological polar surface area (TPSA) is 34.1 Å². The van der Waals surface area contributed by atoms with Gasteiger partial charge in [0.05, 0.1) is 7.11 Å². The smallest absolute Gasteiger partial charge is 0.133 e. The van der Waals surface area contributed by atoms with Gasteiger partial charge in [-0.15, -0.1) is 11.6 Å². The van der Waals surface area contributed by atoms with E-state index in [-0.39, 0.29) is 5.38 Å². The Labute approximate surface area is 112 Å². The van der Waals surface area contributed by atoms with Gasteiger partial charge >= 0.3 is 0 Å². The number of halogens is 1. The molecule has 1 unspecified atom stereocenters. The minimum Gasteiger partial charge on any atom is -0.497 e. The van der Waals surface area contributed by atoms with Crippen LogP contribution in [0.2, 0.25) is 0 Å². The quantitative estimate of drug-likeness (QED) is 0.837. The van der Waals surface area contributed by atoms with Crippen LogP contribution in [-0.2, 0) is 0 Å². The molecule has 2 rings (SSSR count). The Morgan fingerprint density at radius 2 is 2.22 bits per heavy atom. The summed E-state index contributed by atoms with van der Waals surface area (Å²) >= 11 is 5.92. The zero-order chi connectivity index (χ0) is 13.0. The summed E-state index contributed by atoms with van der Waals surface area (Å²) in [6, 6.07) is 7.95. The van der Waals surface area contributed by atoms with Crippen LogP contribution >= 0.6 is 11.6 Å². The van der Waals surface area contributed by atoms with Crippen molar-refractivity contribution in [2.75, 3.05) is 19.0 Å². The number of methoxy groups -OCH3 is 1.